The molecule has 0 aromatic carbocycles. The number of carbonyl (C=O) groups is 1. The highest BCUT2D eigenvalue weighted by Gasteiger charge is 2.29. The van der Waals surface area contributed by atoms with Crippen LogP contribution in [0.25, 0.3) is 0 Å². The number of hydrogen-bond acceptors (Lipinski definition) is 3. The normalized spacial score (nSPS) is 22.0. The van der Waals surface area contributed by atoms with Crippen molar-refractivity contribution in [2.45, 2.75) is 57.0 Å². The number of carboxylic acids is 1. The van der Waals surface area contributed by atoms with Crippen molar-refractivity contribution < 1.29 is 9.90 Å². The van der Waals surface area contributed by atoms with Gasteiger partial charge in [-0.15, -0.1) is 0 Å². The van der Waals surface area contributed by atoms with Gasteiger partial charge < -0.3 is 15.7 Å². The minimum Gasteiger partial charge on any atom is -0.480 e. The van der Waals surface area contributed by atoms with Gasteiger partial charge in [-0.2, -0.15) is 0 Å². The van der Waals surface area contributed by atoms with Crippen molar-refractivity contribution in [2.75, 3.05) is 13.6 Å². The third-order valence-corrected chi connectivity index (χ3v) is 3.67. The van der Waals surface area contributed by atoms with Gasteiger partial charge in [0.15, 0.2) is 0 Å². The molecule has 0 heterocycles. The lowest BCUT2D eigenvalue weighted by atomic mass is 9.93. The van der Waals surface area contributed by atoms with Gasteiger partial charge in [0.05, 0.1) is 0 Å². The molecule has 4 nitrogen and oxygen atoms in total. The second-order valence-corrected chi connectivity index (χ2v) is 5.25. The lowest BCUT2D eigenvalue weighted by Gasteiger charge is -2.32. The molecular weight excluding hydrogens is 204 g/mol. The number of rotatable bonds is 5. The van der Waals surface area contributed by atoms with E-state index in [-0.39, 0.29) is 0 Å². The molecular formula is C12H24N2O2. The lowest BCUT2D eigenvalue weighted by Crippen LogP contribution is -2.48. The zero-order chi connectivity index (χ0) is 12.2. The van der Waals surface area contributed by atoms with Crippen LogP contribution in [0.4, 0.5) is 0 Å². The maximum atomic E-state index is 10.9. The molecule has 1 atom stereocenters. The first-order valence-corrected chi connectivity index (χ1v) is 6.16. The van der Waals surface area contributed by atoms with Crippen molar-refractivity contribution >= 4 is 5.97 Å². The Hall–Kier alpha value is -0.610. The van der Waals surface area contributed by atoms with Gasteiger partial charge in [-0.1, -0.05) is 19.3 Å². The molecule has 4 heteroatoms. The Morgan fingerprint density at radius 1 is 1.44 bits per heavy atom. The molecule has 0 aromatic heterocycles. The maximum absolute atomic E-state index is 10.9. The average Bonchev–Trinajstić information content (AvgIpc) is 2.27. The molecule has 0 radical (unpaired) electrons. The van der Waals surface area contributed by atoms with Gasteiger partial charge >= 0.3 is 5.97 Å². The van der Waals surface area contributed by atoms with Crippen molar-refractivity contribution in [3.63, 3.8) is 0 Å². The predicted molar refractivity (Wildman–Crippen MR) is 64.3 cm³/mol. The van der Waals surface area contributed by atoms with E-state index in [4.69, 9.17) is 10.8 Å². The molecule has 94 valence electrons. The van der Waals surface area contributed by atoms with E-state index >= 15 is 0 Å². The summed E-state index contributed by atoms with van der Waals surface area (Å²) in [5.74, 6) is -0.912. The zero-order valence-electron chi connectivity index (χ0n) is 10.4. The van der Waals surface area contributed by atoms with E-state index in [0.717, 1.165) is 6.54 Å². The first kappa shape index (κ1) is 13.5. The molecule has 1 saturated carbocycles. The van der Waals surface area contributed by atoms with Gasteiger partial charge in [-0.25, -0.2) is 0 Å². The van der Waals surface area contributed by atoms with Crippen LogP contribution in [-0.4, -0.2) is 41.1 Å². The summed E-state index contributed by atoms with van der Waals surface area (Å²) in [6.07, 6.45) is 6.93. The Labute approximate surface area is 97.8 Å². The van der Waals surface area contributed by atoms with Crippen LogP contribution in [0.5, 0.6) is 0 Å². The van der Waals surface area contributed by atoms with Crippen molar-refractivity contribution in [2.24, 2.45) is 5.73 Å². The molecule has 1 aliphatic rings. The van der Waals surface area contributed by atoms with Crippen LogP contribution >= 0.6 is 0 Å². The largest absolute Gasteiger partial charge is 0.480 e. The topological polar surface area (TPSA) is 66.6 Å². The van der Waals surface area contributed by atoms with Crippen LogP contribution in [-0.2, 0) is 4.79 Å². The van der Waals surface area contributed by atoms with Crippen LogP contribution in [0.15, 0.2) is 0 Å². The van der Waals surface area contributed by atoms with E-state index in [1.54, 1.807) is 6.92 Å². The second-order valence-electron chi connectivity index (χ2n) is 5.25. The fraction of sp³-hybridized carbons (Fsp3) is 0.917. The first-order chi connectivity index (χ1) is 7.43. The Balaban J connectivity index is 2.33. The van der Waals surface area contributed by atoms with Gasteiger partial charge in [-0.3, -0.25) is 4.79 Å². The number of carboxylic acid groups (broad SMARTS) is 1. The van der Waals surface area contributed by atoms with Gasteiger partial charge in [0.2, 0.25) is 0 Å². The van der Waals surface area contributed by atoms with E-state index in [0.29, 0.717) is 12.5 Å². The Bertz CT molecular complexity index is 235. The summed E-state index contributed by atoms with van der Waals surface area (Å²) in [6.45, 7) is 2.36. The molecule has 3 N–H and O–H groups in total. The first-order valence-electron chi connectivity index (χ1n) is 6.16. The predicted octanol–water partition coefficient (Wildman–Crippen LogP) is 1.44. The molecule has 0 bridgehead atoms. The van der Waals surface area contributed by atoms with E-state index in [9.17, 15) is 4.79 Å². The molecule has 0 aromatic rings. The van der Waals surface area contributed by atoms with Crippen LogP contribution in [0.1, 0.15) is 45.4 Å². The molecule has 0 spiro atoms. The smallest absolute Gasteiger partial charge is 0.323 e. The van der Waals surface area contributed by atoms with Crippen molar-refractivity contribution in [1.29, 1.82) is 0 Å². The summed E-state index contributed by atoms with van der Waals surface area (Å²) in [6, 6.07) is 0.623. The quantitative estimate of drug-likeness (QED) is 0.747. The number of nitrogens with zero attached hydrogens (tertiary/aromatic N) is 1. The Morgan fingerprint density at radius 3 is 2.50 bits per heavy atom. The summed E-state index contributed by atoms with van der Waals surface area (Å²) in [4.78, 5) is 13.1. The molecule has 1 fully saturated rings. The minimum atomic E-state index is -1.09. The van der Waals surface area contributed by atoms with Crippen molar-refractivity contribution in [1.82, 2.24) is 4.90 Å². The molecule has 0 saturated heterocycles. The lowest BCUT2D eigenvalue weighted by molar-refractivity contribution is -0.143. The van der Waals surface area contributed by atoms with Crippen LogP contribution in [0.3, 0.4) is 0 Å². The fourth-order valence-electron chi connectivity index (χ4n) is 2.22. The molecule has 1 rings (SSSR count). The van der Waals surface area contributed by atoms with E-state index in [2.05, 4.69) is 11.9 Å². The molecule has 0 amide bonds. The summed E-state index contributed by atoms with van der Waals surface area (Å²) >= 11 is 0. The average molecular weight is 228 g/mol. The van der Waals surface area contributed by atoms with Gasteiger partial charge in [0, 0.05) is 12.6 Å². The second kappa shape index (κ2) is 5.64. The highest BCUT2D eigenvalue weighted by molar-refractivity contribution is 5.77. The zero-order valence-corrected chi connectivity index (χ0v) is 10.4. The molecule has 1 unspecified atom stereocenters. The van der Waals surface area contributed by atoms with Crippen LogP contribution < -0.4 is 5.73 Å². The van der Waals surface area contributed by atoms with Crippen LogP contribution in [0.2, 0.25) is 0 Å². The van der Waals surface area contributed by atoms with E-state index < -0.39 is 11.5 Å². The SMILES string of the molecule is CN(CCC(C)(N)C(=O)O)C1CCCCC1. The van der Waals surface area contributed by atoms with E-state index in [1.807, 2.05) is 0 Å². The van der Waals surface area contributed by atoms with Gasteiger partial charge in [0.25, 0.3) is 0 Å². The van der Waals surface area contributed by atoms with Gasteiger partial charge in [0.1, 0.15) is 5.54 Å². The highest BCUT2D eigenvalue weighted by Crippen LogP contribution is 2.22. The fourth-order valence-corrected chi connectivity index (χ4v) is 2.22. The summed E-state index contributed by atoms with van der Waals surface area (Å²) < 4.78 is 0. The molecule has 0 aliphatic heterocycles. The summed E-state index contributed by atoms with van der Waals surface area (Å²) in [5, 5.41) is 8.92. The van der Waals surface area contributed by atoms with Gasteiger partial charge in [-0.05, 0) is 33.2 Å². The number of aliphatic carboxylic acids is 1. The third kappa shape index (κ3) is 3.76. The highest BCUT2D eigenvalue weighted by atomic mass is 16.4. The Kier molecular flexibility index (Phi) is 4.74. The standard InChI is InChI=1S/C12H24N2O2/c1-12(13,11(15)16)8-9-14(2)10-6-4-3-5-7-10/h10H,3-9,13H2,1-2H3,(H,15,16). The minimum absolute atomic E-state index is 0.509. The van der Waals surface area contributed by atoms with Crippen molar-refractivity contribution in [3.05, 3.63) is 0 Å². The van der Waals surface area contributed by atoms with E-state index in [1.165, 1.54) is 32.1 Å². The summed E-state index contributed by atoms with van der Waals surface area (Å²) in [5.41, 5.74) is 4.62. The number of hydrogen-bond donors (Lipinski definition) is 2. The third-order valence-electron chi connectivity index (χ3n) is 3.67. The van der Waals surface area contributed by atoms with Crippen molar-refractivity contribution in [3.8, 4) is 0 Å². The number of nitrogens with two attached hydrogens (primary N) is 1. The summed E-state index contributed by atoms with van der Waals surface area (Å²) in [7, 11) is 2.08. The Morgan fingerprint density at radius 2 is 2.00 bits per heavy atom. The molecule has 1 aliphatic carbocycles. The van der Waals surface area contributed by atoms with Crippen LogP contribution in [0, 0.1) is 0 Å². The maximum Gasteiger partial charge on any atom is 0.323 e. The monoisotopic (exact) mass is 228 g/mol. The molecule has 16 heavy (non-hydrogen) atoms.